The van der Waals surface area contributed by atoms with Gasteiger partial charge in [-0.25, -0.2) is 9.78 Å². The zero-order valence-electron chi connectivity index (χ0n) is 20.6. The smallest absolute Gasteiger partial charge is 0.329 e. The standard InChI is InChI=1S/C27H24ClN3O5S2/c1-16-3-10-24-23(13-16)30-26(38-24)18-6-4-17(5-7-18)15-36-27(33)22(11-12-37-2)29-25(32)20-9-8-19(31(34)35)14-21(20)28/h3-10,13-14,22H,11-12,15H2,1-2H3,(H,29,32). The van der Waals surface area contributed by atoms with Crippen molar-refractivity contribution < 1.29 is 19.2 Å². The molecule has 1 atom stereocenters. The summed E-state index contributed by atoms with van der Waals surface area (Å²) in [5.74, 6) is -0.566. The normalized spacial score (nSPS) is 11.8. The molecule has 1 aromatic heterocycles. The van der Waals surface area contributed by atoms with Crippen LogP contribution in [0.3, 0.4) is 0 Å². The van der Waals surface area contributed by atoms with Crippen molar-refractivity contribution in [3.8, 4) is 10.6 Å². The highest BCUT2D eigenvalue weighted by molar-refractivity contribution is 7.98. The second-order valence-corrected chi connectivity index (χ2v) is 10.9. The van der Waals surface area contributed by atoms with Gasteiger partial charge in [0.2, 0.25) is 0 Å². The van der Waals surface area contributed by atoms with Crippen LogP contribution in [0.15, 0.2) is 60.7 Å². The van der Waals surface area contributed by atoms with Gasteiger partial charge in [0.25, 0.3) is 11.6 Å². The lowest BCUT2D eigenvalue weighted by atomic mass is 10.1. The number of carbonyl (C=O) groups is 2. The topological polar surface area (TPSA) is 111 Å². The SMILES string of the molecule is CSCCC(NC(=O)c1ccc([N+](=O)[O-])cc1Cl)C(=O)OCc1ccc(-c2nc3cc(C)ccc3s2)cc1. The van der Waals surface area contributed by atoms with Gasteiger partial charge in [-0.3, -0.25) is 14.9 Å². The highest BCUT2D eigenvalue weighted by Crippen LogP contribution is 2.31. The number of aromatic nitrogens is 1. The van der Waals surface area contributed by atoms with E-state index in [9.17, 15) is 19.7 Å². The van der Waals surface area contributed by atoms with Crippen LogP contribution in [0, 0.1) is 17.0 Å². The molecule has 11 heteroatoms. The average molecular weight is 570 g/mol. The molecule has 0 spiro atoms. The Morgan fingerprint density at radius 3 is 2.61 bits per heavy atom. The maximum Gasteiger partial charge on any atom is 0.329 e. The van der Waals surface area contributed by atoms with Gasteiger partial charge in [0.15, 0.2) is 0 Å². The summed E-state index contributed by atoms with van der Waals surface area (Å²) in [7, 11) is 0. The van der Waals surface area contributed by atoms with Crippen molar-refractivity contribution in [2.24, 2.45) is 0 Å². The maximum absolute atomic E-state index is 12.9. The Kier molecular flexibility index (Phi) is 8.98. The lowest BCUT2D eigenvalue weighted by molar-refractivity contribution is -0.384. The van der Waals surface area contributed by atoms with Gasteiger partial charge in [-0.1, -0.05) is 41.9 Å². The predicted octanol–water partition coefficient (Wildman–Crippen LogP) is 6.43. The fourth-order valence-corrected chi connectivity index (χ4v) is 5.37. The van der Waals surface area contributed by atoms with Gasteiger partial charge in [0.05, 0.1) is 25.7 Å². The van der Waals surface area contributed by atoms with Crippen molar-refractivity contribution in [3.05, 3.63) is 92.5 Å². The van der Waals surface area contributed by atoms with Crippen LogP contribution in [-0.2, 0) is 16.1 Å². The third-order valence-electron chi connectivity index (χ3n) is 5.73. The van der Waals surface area contributed by atoms with Gasteiger partial charge < -0.3 is 10.1 Å². The third-order valence-corrected chi connectivity index (χ3v) is 7.78. The fourth-order valence-electron chi connectivity index (χ4n) is 3.68. The number of benzene rings is 3. The van der Waals surface area contributed by atoms with E-state index in [1.807, 2.05) is 37.4 Å². The Labute approximate surface area is 232 Å². The fraction of sp³-hybridized carbons (Fsp3) is 0.222. The first-order valence-electron chi connectivity index (χ1n) is 11.6. The summed E-state index contributed by atoms with van der Waals surface area (Å²) < 4.78 is 6.64. The van der Waals surface area contributed by atoms with Crippen LogP contribution in [0.2, 0.25) is 5.02 Å². The number of nitrogens with one attached hydrogen (secondary N) is 1. The number of thioether (sulfide) groups is 1. The number of thiazole rings is 1. The number of hydrogen-bond donors (Lipinski definition) is 1. The van der Waals surface area contributed by atoms with E-state index in [1.165, 1.54) is 23.9 Å². The number of hydrogen-bond acceptors (Lipinski definition) is 8. The van der Waals surface area contributed by atoms with Crippen molar-refractivity contribution in [2.75, 3.05) is 12.0 Å². The molecule has 3 aromatic carbocycles. The minimum atomic E-state index is -0.897. The van der Waals surface area contributed by atoms with E-state index in [4.69, 9.17) is 21.3 Å². The number of carbonyl (C=O) groups excluding carboxylic acids is 2. The largest absolute Gasteiger partial charge is 0.459 e. The Morgan fingerprint density at radius 2 is 1.92 bits per heavy atom. The van der Waals surface area contributed by atoms with Gasteiger partial charge in [-0.2, -0.15) is 11.8 Å². The van der Waals surface area contributed by atoms with E-state index in [-0.39, 0.29) is 22.9 Å². The molecule has 1 amide bonds. The number of halogens is 1. The zero-order valence-corrected chi connectivity index (χ0v) is 23.0. The molecule has 0 aliphatic carbocycles. The second-order valence-electron chi connectivity index (χ2n) is 8.52. The molecule has 4 rings (SSSR count). The summed E-state index contributed by atoms with van der Waals surface area (Å²) >= 11 is 9.22. The van der Waals surface area contributed by atoms with E-state index in [1.54, 1.807) is 11.3 Å². The van der Waals surface area contributed by atoms with Crippen molar-refractivity contribution in [2.45, 2.75) is 26.0 Å². The van der Waals surface area contributed by atoms with Gasteiger partial charge in [0, 0.05) is 17.7 Å². The molecule has 4 aromatic rings. The quantitative estimate of drug-likeness (QED) is 0.133. The summed E-state index contributed by atoms with van der Waals surface area (Å²) in [4.78, 5) is 40.7. The maximum atomic E-state index is 12.9. The molecule has 0 aliphatic rings. The lowest BCUT2D eigenvalue weighted by Crippen LogP contribution is -2.42. The first-order chi connectivity index (χ1) is 18.2. The number of nitro benzene ring substituents is 1. The molecule has 196 valence electrons. The molecule has 0 saturated heterocycles. The van der Waals surface area contributed by atoms with E-state index < -0.39 is 22.8 Å². The van der Waals surface area contributed by atoms with Crippen LogP contribution >= 0.6 is 34.7 Å². The van der Waals surface area contributed by atoms with E-state index in [0.717, 1.165) is 38.0 Å². The number of nitro groups is 1. The number of amides is 1. The number of ether oxygens (including phenoxy) is 1. The minimum absolute atomic E-state index is 0.0415. The second kappa shape index (κ2) is 12.4. The number of fused-ring (bicyclic) bond motifs is 1. The Balaban J connectivity index is 1.40. The van der Waals surface area contributed by atoms with Crippen LogP contribution in [0.4, 0.5) is 5.69 Å². The molecule has 1 N–H and O–H groups in total. The summed E-state index contributed by atoms with van der Waals surface area (Å²) in [6.45, 7) is 2.08. The molecule has 0 bridgehead atoms. The van der Waals surface area contributed by atoms with E-state index in [2.05, 4.69) is 23.5 Å². The average Bonchev–Trinajstić information content (AvgIpc) is 3.32. The first kappa shape index (κ1) is 27.6. The number of non-ortho nitro benzene ring substituents is 1. The van der Waals surface area contributed by atoms with Crippen molar-refractivity contribution in [1.29, 1.82) is 0 Å². The minimum Gasteiger partial charge on any atom is -0.459 e. The summed E-state index contributed by atoms with van der Waals surface area (Å²) in [5, 5.41) is 14.4. The third kappa shape index (κ3) is 6.69. The van der Waals surface area contributed by atoms with Gasteiger partial charge >= 0.3 is 5.97 Å². The summed E-state index contributed by atoms with van der Waals surface area (Å²) in [6.07, 6.45) is 2.25. The number of esters is 1. The number of rotatable bonds is 10. The van der Waals surface area contributed by atoms with Crippen LogP contribution in [0.1, 0.15) is 27.9 Å². The molecule has 1 unspecified atom stereocenters. The Bertz CT molecular complexity index is 1490. The zero-order chi connectivity index (χ0) is 27.2. The van der Waals surface area contributed by atoms with Crippen LogP contribution < -0.4 is 5.32 Å². The van der Waals surface area contributed by atoms with Crippen LogP contribution in [0.25, 0.3) is 20.8 Å². The molecule has 0 aliphatic heterocycles. The number of nitrogens with zero attached hydrogens (tertiary/aromatic N) is 2. The van der Waals surface area contributed by atoms with Crippen molar-refractivity contribution in [1.82, 2.24) is 10.3 Å². The molecule has 0 fully saturated rings. The highest BCUT2D eigenvalue weighted by Gasteiger charge is 2.24. The molecular weight excluding hydrogens is 546 g/mol. The van der Waals surface area contributed by atoms with Gasteiger partial charge in [0.1, 0.15) is 17.7 Å². The molecule has 0 saturated carbocycles. The summed E-state index contributed by atoms with van der Waals surface area (Å²) in [5.41, 5.74) is 3.72. The molecular formula is C27H24ClN3O5S2. The summed E-state index contributed by atoms with van der Waals surface area (Å²) in [6, 6.07) is 16.5. The molecule has 0 radical (unpaired) electrons. The van der Waals surface area contributed by atoms with Crippen molar-refractivity contribution >= 4 is 62.5 Å². The Morgan fingerprint density at radius 1 is 1.16 bits per heavy atom. The van der Waals surface area contributed by atoms with Gasteiger partial charge in [-0.15, -0.1) is 11.3 Å². The molecule has 1 heterocycles. The monoisotopic (exact) mass is 569 g/mol. The van der Waals surface area contributed by atoms with Crippen LogP contribution in [0.5, 0.6) is 0 Å². The lowest BCUT2D eigenvalue weighted by Gasteiger charge is -2.18. The van der Waals surface area contributed by atoms with E-state index >= 15 is 0 Å². The highest BCUT2D eigenvalue weighted by atomic mass is 35.5. The predicted molar refractivity (Wildman–Crippen MR) is 152 cm³/mol. The number of aryl methyl sites for hydroxylation is 1. The Hall–Kier alpha value is -3.47. The van der Waals surface area contributed by atoms with Crippen molar-refractivity contribution in [3.63, 3.8) is 0 Å². The molecule has 8 nitrogen and oxygen atoms in total. The molecule has 38 heavy (non-hydrogen) atoms. The first-order valence-corrected chi connectivity index (χ1v) is 14.2. The van der Waals surface area contributed by atoms with Crippen LogP contribution in [-0.4, -0.2) is 39.8 Å². The van der Waals surface area contributed by atoms with Gasteiger partial charge in [-0.05, 0) is 54.7 Å². The van der Waals surface area contributed by atoms with E-state index in [0.29, 0.717) is 12.2 Å².